The van der Waals surface area contributed by atoms with Crippen molar-refractivity contribution in [2.45, 2.75) is 13.0 Å². The first-order valence-electron chi connectivity index (χ1n) is 10.7. The monoisotopic (exact) mass is 547 g/mol. The van der Waals surface area contributed by atoms with Gasteiger partial charge in [-0.05, 0) is 66.1 Å². The Morgan fingerprint density at radius 2 is 1.97 bits per heavy atom. The molecular formula is C27H22BrN3O5. The van der Waals surface area contributed by atoms with Gasteiger partial charge in [0.25, 0.3) is 11.6 Å². The molecule has 0 radical (unpaired) electrons. The van der Waals surface area contributed by atoms with E-state index in [9.17, 15) is 20.2 Å². The number of rotatable bonds is 10. The Kier molecular flexibility index (Phi) is 8.97. The fourth-order valence-corrected chi connectivity index (χ4v) is 3.74. The number of anilines is 1. The van der Waals surface area contributed by atoms with E-state index >= 15 is 0 Å². The normalized spacial score (nSPS) is 10.8. The van der Waals surface area contributed by atoms with Crippen molar-refractivity contribution < 1.29 is 19.2 Å². The summed E-state index contributed by atoms with van der Waals surface area (Å²) >= 11 is 3.35. The van der Waals surface area contributed by atoms with Gasteiger partial charge in [-0.25, -0.2) is 0 Å². The molecule has 0 spiro atoms. The van der Waals surface area contributed by atoms with E-state index in [4.69, 9.17) is 9.47 Å². The number of nitriles is 1. The SMILES string of the molecule is C=CCc1cc(/C=C(/C#N)C(=O)Nc2cccc(Br)c2)cc(OC)c1OCc1ccc([N+](=O)[O-])cc1. The van der Waals surface area contributed by atoms with Crippen LogP contribution >= 0.6 is 15.9 Å². The number of methoxy groups -OCH3 is 1. The summed E-state index contributed by atoms with van der Waals surface area (Å²) in [6, 6.07) is 18.5. The second-order valence-electron chi connectivity index (χ2n) is 7.55. The number of hydrogen-bond acceptors (Lipinski definition) is 6. The summed E-state index contributed by atoms with van der Waals surface area (Å²) in [4.78, 5) is 23.1. The number of hydrogen-bond donors (Lipinski definition) is 1. The van der Waals surface area contributed by atoms with Crippen molar-refractivity contribution >= 4 is 39.3 Å². The van der Waals surface area contributed by atoms with Crippen LogP contribution in [0.15, 0.2) is 83.4 Å². The van der Waals surface area contributed by atoms with Gasteiger partial charge < -0.3 is 14.8 Å². The number of carbonyl (C=O) groups excluding carboxylic acids is 1. The zero-order valence-corrected chi connectivity index (χ0v) is 20.9. The second kappa shape index (κ2) is 12.3. The van der Waals surface area contributed by atoms with Crippen LogP contribution in [0.25, 0.3) is 6.08 Å². The Balaban J connectivity index is 1.87. The van der Waals surface area contributed by atoms with Gasteiger partial charge in [-0.2, -0.15) is 5.26 Å². The minimum atomic E-state index is -0.543. The van der Waals surface area contributed by atoms with E-state index < -0.39 is 10.8 Å². The quantitative estimate of drug-likeness (QED) is 0.106. The van der Waals surface area contributed by atoms with Gasteiger partial charge in [-0.3, -0.25) is 14.9 Å². The summed E-state index contributed by atoms with van der Waals surface area (Å²) in [5, 5.41) is 23.2. The van der Waals surface area contributed by atoms with Crippen molar-refractivity contribution in [1.82, 2.24) is 0 Å². The summed E-state index contributed by atoms with van der Waals surface area (Å²) in [6.45, 7) is 3.95. The highest BCUT2D eigenvalue weighted by atomic mass is 79.9. The van der Waals surface area contributed by atoms with Crippen molar-refractivity contribution in [2.75, 3.05) is 12.4 Å². The number of non-ortho nitro benzene ring substituents is 1. The van der Waals surface area contributed by atoms with Crippen molar-refractivity contribution in [3.63, 3.8) is 0 Å². The van der Waals surface area contributed by atoms with E-state index in [0.29, 0.717) is 29.2 Å². The maximum absolute atomic E-state index is 12.7. The predicted molar refractivity (Wildman–Crippen MR) is 141 cm³/mol. The fraction of sp³-hybridized carbons (Fsp3) is 0.111. The summed E-state index contributed by atoms with van der Waals surface area (Å²) in [7, 11) is 1.49. The fourth-order valence-electron chi connectivity index (χ4n) is 3.34. The van der Waals surface area contributed by atoms with Crippen LogP contribution in [-0.2, 0) is 17.8 Å². The van der Waals surface area contributed by atoms with Gasteiger partial charge >= 0.3 is 0 Å². The topological polar surface area (TPSA) is 114 Å². The number of carbonyl (C=O) groups is 1. The third-order valence-corrected chi connectivity index (χ3v) is 5.52. The molecule has 0 saturated heterocycles. The van der Waals surface area contributed by atoms with E-state index in [2.05, 4.69) is 27.8 Å². The minimum absolute atomic E-state index is 0.00273. The number of nitro groups is 1. The maximum Gasteiger partial charge on any atom is 0.269 e. The Morgan fingerprint density at radius 3 is 2.58 bits per heavy atom. The number of halogens is 1. The number of amides is 1. The van der Waals surface area contributed by atoms with Crippen molar-refractivity contribution in [3.8, 4) is 17.6 Å². The molecule has 3 aromatic rings. The largest absolute Gasteiger partial charge is 0.493 e. The minimum Gasteiger partial charge on any atom is -0.493 e. The lowest BCUT2D eigenvalue weighted by Crippen LogP contribution is -2.13. The van der Waals surface area contributed by atoms with Crippen molar-refractivity contribution in [1.29, 1.82) is 5.26 Å². The molecule has 1 N–H and O–H groups in total. The highest BCUT2D eigenvalue weighted by Crippen LogP contribution is 2.35. The van der Waals surface area contributed by atoms with Crippen LogP contribution < -0.4 is 14.8 Å². The molecule has 36 heavy (non-hydrogen) atoms. The molecule has 3 rings (SSSR count). The first-order valence-corrected chi connectivity index (χ1v) is 11.5. The van der Waals surface area contributed by atoms with Crippen LogP contribution in [0, 0.1) is 21.4 Å². The number of nitro benzene ring substituents is 1. The van der Waals surface area contributed by atoms with E-state index in [1.165, 1.54) is 25.3 Å². The second-order valence-corrected chi connectivity index (χ2v) is 8.47. The summed E-state index contributed by atoms with van der Waals surface area (Å²) in [5.74, 6) is 0.343. The molecule has 0 aliphatic heterocycles. The number of benzene rings is 3. The molecule has 3 aromatic carbocycles. The zero-order valence-electron chi connectivity index (χ0n) is 19.4. The standard InChI is InChI=1S/C27H22BrN3O5/c1-3-5-20-12-19(13-21(16-29)27(32)30-23-7-4-6-22(28)15-23)14-25(35-2)26(20)36-17-18-8-10-24(11-9-18)31(33)34/h3-4,6-15H,1,5,17H2,2H3,(H,30,32)/b21-13-. The van der Waals surface area contributed by atoms with Crippen LogP contribution in [0.4, 0.5) is 11.4 Å². The van der Waals surface area contributed by atoms with E-state index in [1.54, 1.807) is 48.5 Å². The predicted octanol–water partition coefficient (Wildman–Crippen LogP) is 6.22. The first-order chi connectivity index (χ1) is 17.3. The Bertz CT molecular complexity index is 1360. The molecule has 0 fully saturated rings. The van der Waals surface area contributed by atoms with Gasteiger partial charge in [-0.15, -0.1) is 6.58 Å². The number of nitrogens with one attached hydrogen (secondary N) is 1. The van der Waals surface area contributed by atoms with Crippen LogP contribution in [0.1, 0.15) is 16.7 Å². The summed E-state index contributed by atoms with van der Waals surface area (Å²) < 4.78 is 12.3. The molecule has 0 aliphatic carbocycles. The van der Waals surface area contributed by atoms with Gasteiger partial charge in [0.2, 0.25) is 0 Å². The van der Waals surface area contributed by atoms with Crippen LogP contribution in [0.5, 0.6) is 11.5 Å². The smallest absolute Gasteiger partial charge is 0.269 e. The molecule has 9 heteroatoms. The van der Waals surface area contributed by atoms with Crippen molar-refractivity contribution in [3.05, 3.63) is 110 Å². The van der Waals surface area contributed by atoms with Gasteiger partial charge in [-0.1, -0.05) is 28.1 Å². The van der Waals surface area contributed by atoms with Crippen LogP contribution in [0.3, 0.4) is 0 Å². The average Bonchev–Trinajstić information content (AvgIpc) is 2.86. The van der Waals surface area contributed by atoms with Gasteiger partial charge in [0.05, 0.1) is 12.0 Å². The lowest BCUT2D eigenvalue weighted by molar-refractivity contribution is -0.384. The highest BCUT2D eigenvalue weighted by Gasteiger charge is 2.15. The Labute approximate surface area is 216 Å². The third kappa shape index (κ3) is 6.81. The summed E-state index contributed by atoms with van der Waals surface area (Å²) in [5.41, 5.74) is 2.52. The molecule has 1 amide bonds. The average molecular weight is 548 g/mol. The first kappa shape index (κ1) is 26.2. The lowest BCUT2D eigenvalue weighted by atomic mass is 10.0. The van der Waals surface area contributed by atoms with Gasteiger partial charge in [0.1, 0.15) is 18.2 Å². The maximum atomic E-state index is 12.7. The van der Waals surface area contributed by atoms with Crippen LogP contribution in [-0.4, -0.2) is 17.9 Å². The Hall–Kier alpha value is -4.42. The molecule has 0 bridgehead atoms. The zero-order chi connectivity index (χ0) is 26.1. The molecule has 0 atom stereocenters. The molecule has 0 unspecified atom stereocenters. The molecule has 0 aliphatic rings. The number of nitrogens with zero attached hydrogens (tertiary/aromatic N) is 2. The molecule has 182 valence electrons. The van der Waals surface area contributed by atoms with Crippen LogP contribution in [0.2, 0.25) is 0 Å². The number of ether oxygens (including phenoxy) is 2. The highest BCUT2D eigenvalue weighted by molar-refractivity contribution is 9.10. The Morgan fingerprint density at radius 1 is 1.22 bits per heavy atom. The molecular weight excluding hydrogens is 526 g/mol. The van der Waals surface area contributed by atoms with Gasteiger partial charge in [0.15, 0.2) is 11.5 Å². The molecule has 0 saturated carbocycles. The van der Waals surface area contributed by atoms with E-state index in [1.807, 2.05) is 12.1 Å². The molecule has 0 aromatic heterocycles. The third-order valence-electron chi connectivity index (χ3n) is 5.03. The van der Waals surface area contributed by atoms with E-state index in [-0.39, 0.29) is 17.9 Å². The summed E-state index contributed by atoms with van der Waals surface area (Å²) in [6.07, 6.45) is 3.62. The van der Waals surface area contributed by atoms with E-state index in [0.717, 1.165) is 15.6 Å². The lowest BCUT2D eigenvalue weighted by Gasteiger charge is -2.16. The number of allylic oxidation sites excluding steroid dienone is 1. The van der Waals surface area contributed by atoms with Gasteiger partial charge in [0, 0.05) is 27.9 Å². The molecule has 0 heterocycles. The molecule has 8 nitrogen and oxygen atoms in total. The van der Waals surface area contributed by atoms with Crippen molar-refractivity contribution in [2.24, 2.45) is 0 Å².